The predicted octanol–water partition coefficient (Wildman–Crippen LogP) is 3.31. The van der Waals surface area contributed by atoms with Crippen LogP contribution in [0.15, 0.2) is 18.2 Å². The Labute approximate surface area is 120 Å². The topological polar surface area (TPSA) is 66.4 Å². The summed E-state index contributed by atoms with van der Waals surface area (Å²) in [6.45, 7) is 0. The molecule has 0 aliphatic heterocycles. The second-order valence-electron chi connectivity index (χ2n) is 4.95. The summed E-state index contributed by atoms with van der Waals surface area (Å²) in [5.41, 5.74) is 0.371. The van der Waals surface area contributed by atoms with Gasteiger partial charge in [-0.05, 0) is 31.0 Å². The molecule has 2 atom stereocenters. The van der Waals surface area contributed by atoms with E-state index in [0.717, 1.165) is 18.9 Å². The zero-order chi connectivity index (χ0) is 14.7. The average Bonchev–Trinajstić information content (AvgIpc) is 2.43. The number of anilines is 1. The molecule has 1 saturated carbocycles. The number of carboxylic acids is 1. The van der Waals surface area contributed by atoms with Crippen molar-refractivity contribution in [2.75, 3.05) is 5.32 Å². The quantitative estimate of drug-likeness (QED) is 0.900. The van der Waals surface area contributed by atoms with Gasteiger partial charge in [-0.2, -0.15) is 0 Å². The van der Waals surface area contributed by atoms with Crippen molar-refractivity contribution < 1.29 is 19.1 Å². The Bertz CT molecular complexity index is 535. The van der Waals surface area contributed by atoms with Gasteiger partial charge in [0.1, 0.15) is 5.82 Å². The van der Waals surface area contributed by atoms with Gasteiger partial charge in [0.25, 0.3) is 0 Å². The molecule has 2 rings (SSSR count). The minimum atomic E-state index is -0.943. The third kappa shape index (κ3) is 3.28. The number of hydrogen-bond donors (Lipinski definition) is 2. The Hall–Kier alpha value is -1.62. The molecular weight excluding hydrogens is 285 g/mol. The van der Waals surface area contributed by atoms with Crippen LogP contribution in [-0.4, -0.2) is 17.0 Å². The number of aliphatic carboxylic acids is 1. The Morgan fingerprint density at radius 3 is 2.50 bits per heavy atom. The van der Waals surface area contributed by atoms with Crippen molar-refractivity contribution in [3.05, 3.63) is 29.0 Å². The summed E-state index contributed by atoms with van der Waals surface area (Å²) in [5.74, 6) is -3.06. The number of amides is 1. The van der Waals surface area contributed by atoms with Crippen LogP contribution < -0.4 is 5.32 Å². The van der Waals surface area contributed by atoms with Crippen LogP contribution in [0.25, 0.3) is 0 Å². The molecule has 1 aromatic carbocycles. The van der Waals surface area contributed by atoms with E-state index in [4.69, 9.17) is 16.7 Å². The van der Waals surface area contributed by atoms with Crippen molar-refractivity contribution in [2.45, 2.75) is 25.7 Å². The molecule has 1 fully saturated rings. The van der Waals surface area contributed by atoms with Crippen LogP contribution in [0.3, 0.4) is 0 Å². The van der Waals surface area contributed by atoms with Gasteiger partial charge in [0.15, 0.2) is 0 Å². The molecule has 2 N–H and O–H groups in total. The van der Waals surface area contributed by atoms with Gasteiger partial charge in [0.2, 0.25) is 5.91 Å². The van der Waals surface area contributed by atoms with E-state index in [-0.39, 0.29) is 10.9 Å². The third-order valence-corrected chi connectivity index (χ3v) is 3.90. The van der Waals surface area contributed by atoms with Gasteiger partial charge in [0, 0.05) is 5.69 Å². The van der Waals surface area contributed by atoms with Crippen molar-refractivity contribution in [1.82, 2.24) is 0 Å². The number of carbonyl (C=O) groups excluding carboxylic acids is 1. The lowest BCUT2D eigenvalue weighted by molar-refractivity contribution is -0.147. The largest absolute Gasteiger partial charge is 0.481 e. The van der Waals surface area contributed by atoms with E-state index in [1.165, 1.54) is 12.1 Å². The first-order chi connectivity index (χ1) is 9.49. The first kappa shape index (κ1) is 14.8. The fraction of sp³-hybridized carbons (Fsp3) is 0.429. The van der Waals surface area contributed by atoms with Crippen LogP contribution in [0.1, 0.15) is 25.7 Å². The van der Waals surface area contributed by atoms with Crippen LogP contribution in [-0.2, 0) is 9.59 Å². The lowest BCUT2D eigenvalue weighted by Gasteiger charge is -2.27. The number of halogens is 2. The van der Waals surface area contributed by atoms with E-state index in [2.05, 4.69) is 5.32 Å². The molecule has 0 unspecified atom stereocenters. The van der Waals surface area contributed by atoms with Gasteiger partial charge in [-0.1, -0.05) is 24.4 Å². The Morgan fingerprint density at radius 2 is 1.90 bits per heavy atom. The molecule has 20 heavy (non-hydrogen) atoms. The first-order valence-corrected chi connectivity index (χ1v) is 6.85. The number of carbonyl (C=O) groups is 2. The monoisotopic (exact) mass is 299 g/mol. The molecule has 0 saturated heterocycles. The summed E-state index contributed by atoms with van der Waals surface area (Å²) in [6.07, 6.45) is 2.73. The highest BCUT2D eigenvalue weighted by molar-refractivity contribution is 6.31. The normalized spacial score (nSPS) is 22.3. The Balaban J connectivity index is 2.09. The molecular formula is C14H15ClFNO3. The minimum Gasteiger partial charge on any atom is -0.481 e. The number of rotatable bonds is 3. The number of carboxylic acid groups (broad SMARTS) is 1. The van der Waals surface area contributed by atoms with E-state index in [1.807, 2.05) is 0 Å². The van der Waals surface area contributed by atoms with E-state index >= 15 is 0 Å². The lowest BCUT2D eigenvalue weighted by atomic mass is 9.78. The fourth-order valence-corrected chi connectivity index (χ4v) is 2.73. The van der Waals surface area contributed by atoms with E-state index in [0.29, 0.717) is 18.5 Å². The zero-order valence-electron chi connectivity index (χ0n) is 10.7. The molecule has 1 aliphatic carbocycles. The average molecular weight is 300 g/mol. The van der Waals surface area contributed by atoms with Crippen LogP contribution in [0.4, 0.5) is 10.1 Å². The molecule has 1 aliphatic rings. The summed E-state index contributed by atoms with van der Waals surface area (Å²) in [7, 11) is 0. The molecule has 108 valence electrons. The van der Waals surface area contributed by atoms with Crippen molar-refractivity contribution in [2.24, 2.45) is 11.8 Å². The number of hydrogen-bond acceptors (Lipinski definition) is 2. The Morgan fingerprint density at radius 1 is 1.25 bits per heavy atom. The van der Waals surface area contributed by atoms with Crippen LogP contribution in [0, 0.1) is 17.7 Å². The molecule has 0 radical (unpaired) electrons. The molecule has 4 nitrogen and oxygen atoms in total. The highest BCUT2D eigenvalue weighted by atomic mass is 35.5. The molecule has 0 aromatic heterocycles. The van der Waals surface area contributed by atoms with Gasteiger partial charge in [-0.25, -0.2) is 4.39 Å². The van der Waals surface area contributed by atoms with Crippen molar-refractivity contribution in [1.29, 1.82) is 0 Å². The van der Waals surface area contributed by atoms with E-state index < -0.39 is 23.6 Å². The summed E-state index contributed by atoms with van der Waals surface area (Å²) in [6, 6.07) is 3.87. The van der Waals surface area contributed by atoms with Gasteiger partial charge in [-0.15, -0.1) is 0 Å². The van der Waals surface area contributed by atoms with Crippen LogP contribution in [0.2, 0.25) is 5.02 Å². The van der Waals surface area contributed by atoms with Gasteiger partial charge >= 0.3 is 5.97 Å². The standard InChI is InChI=1S/C14H15ClFNO3/c15-11-7-8(5-6-12(11)16)17-13(18)9-3-1-2-4-10(9)14(19)20/h5-7,9-10H,1-4H2,(H,17,18)(H,19,20)/t9-,10+/m1/s1. The highest BCUT2D eigenvalue weighted by Gasteiger charge is 2.35. The number of benzene rings is 1. The van der Waals surface area contributed by atoms with Crippen LogP contribution in [0.5, 0.6) is 0 Å². The molecule has 0 spiro atoms. The first-order valence-electron chi connectivity index (χ1n) is 6.48. The van der Waals surface area contributed by atoms with Crippen LogP contribution >= 0.6 is 11.6 Å². The number of nitrogens with one attached hydrogen (secondary N) is 1. The zero-order valence-corrected chi connectivity index (χ0v) is 11.5. The SMILES string of the molecule is O=C(O)[C@H]1CCCC[C@H]1C(=O)Nc1ccc(F)c(Cl)c1. The van der Waals surface area contributed by atoms with Crippen molar-refractivity contribution in [3.63, 3.8) is 0 Å². The van der Waals surface area contributed by atoms with Crippen molar-refractivity contribution in [3.8, 4) is 0 Å². The lowest BCUT2D eigenvalue weighted by Crippen LogP contribution is -2.36. The summed E-state index contributed by atoms with van der Waals surface area (Å²) in [5, 5.41) is 11.7. The second kappa shape index (κ2) is 6.22. The predicted molar refractivity (Wildman–Crippen MR) is 73.1 cm³/mol. The van der Waals surface area contributed by atoms with Crippen molar-refractivity contribution >= 4 is 29.2 Å². The summed E-state index contributed by atoms with van der Waals surface area (Å²) < 4.78 is 13.0. The Kier molecular flexibility index (Phi) is 4.60. The van der Waals surface area contributed by atoms with Gasteiger partial charge in [0.05, 0.1) is 16.9 Å². The smallest absolute Gasteiger partial charge is 0.307 e. The molecule has 0 heterocycles. The summed E-state index contributed by atoms with van der Waals surface area (Å²) >= 11 is 5.64. The second-order valence-corrected chi connectivity index (χ2v) is 5.36. The molecule has 1 amide bonds. The van der Waals surface area contributed by atoms with E-state index in [9.17, 15) is 14.0 Å². The molecule has 6 heteroatoms. The maximum atomic E-state index is 13.0. The maximum Gasteiger partial charge on any atom is 0.307 e. The maximum absolute atomic E-state index is 13.0. The van der Waals surface area contributed by atoms with Gasteiger partial charge in [-0.3, -0.25) is 9.59 Å². The molecule has 0 bridgehead atoms. The third-order valence-electron chi connectivity index (χ3n) is 3.61. The molecule has 1 aromatic rings. The fourth-order valence-electron chi connectivity index (χ4n) is 2.55. The minimum absolute atomic E-state index is 0.0822. The summed E-state index contributed by atoms with van der Waals surface area (Å²) in [4.78, 5) is 23.3. The van der Waals surface area contributed by atoms with E-state index in [1.54, 1.807) is 0 Å². The highest BCUT2D eigenvalue weighted by Crippen LogP contribution is 2.31. The van der Waals surface area contributed by atoms with Gasteiger partial charge < -0.3 is 10.4 Å².